The lowest BCUT2D eigenvalue weighted by atomic mass is 10.0. The molecule has 3 nitrogen and oxygen atoms in total. The molecule has 1 unspecified atom stereocenters. The van der Waals surface area contributed by atoms with Crippen LogP contribution in [0.1, 0.15) is 17.4 Å². The van der Waals surface area contributed by atoms with E-state index in [9.17, 15) is 5.11 Å². The van der Waals surface area contributed by atoms with Gasteiger partial charge in [0.15, 0.2) is 0 Å². The molecule has 1 heterocycles. The number of benzene rings is 2. The third-order valence-electron chi connectivity index (χ3n) is 3.58. The molecule has 0 radical (unpaired) electrons. The van der Waals surface area contributed by atoms with Crippen LogP contribution in [0.4, 0.5) is 0 Å². The minimum absolute atomic E-state index is 0.512. The van der Waals surface area contributed by atoms with E-state index in [1.165, 1.54) is 0 Å². The van der Waals surface area contributed by atoms with E-state index in [4.69, 9.17) is 4.74 Å². The second-order valence-electron chi connectivity index (χ2n) is 4.99. The van der Waals surface area contributed by atoms with Crippen molar-refractivity contribution in [3.05, 3.63) is 72.1 Å². The Bertz CT molecular complexity index is 750. The molecular weight excluding hydrogens is 262 g/mol. The lowest BCUT2D eigenvalue weighted by Crippen LogP contribution is -2.05. The normalized spacial score (nSPS) is 12.3. The standard InChI is InChI=1S/C18H17NO2/c1-21-15-7-4-5-13(11-15)12-17(20)18-16-8-3-2-6-14(16)9-10-19-18/h2-11,17,20H,12H2,1H3. The molecule has 0 saturated heterocycles. The Morgan fingerprint density at radius 1 is 1.10 bits per heavy atom. The van der Waals surface area contributed by atoms with Crippen molar-refractivity contribution in [3.63, 3.8) is 0 Å². The molecule has 106 valence electrons. The van der Waals surface area contributed by atoms with E-state index in [1.54, 1.807) is 13.3 Å². The number of nitrogens with zero attached hydrogens (tertiary/aromatic N) is 1. The number of ether oxygens (including phenoxy) is 1. The number of hydrogen-bond donors (Lipinski definition) is 1. The molecule has 0 aliphatic heterocycles. The van der Waals surface area contributed by atoms with Crippen LogP contribution in [0.2, 0.25) is 0 Å². The predicted molar refractivity (Wildman–Crippen MR) is 83.4 cm³/mol. The highest BCUT2D eigenvalue weighted by molar-refractivity contribution is 5.84. The first-order valence-corrected chi connectivity index (χ1v) is 6.92. The summed E-state index contributed by atoms with van der Waals surface area (Å²) < 4.78 is 5.22. The maximum atomic E-state index is 10.5. The number of aliphatic hydroxyl groups is 1. The van der Waals surface area contributed by atoms with Gasteiger partial charge in [0.2, 0.25) is 0 Å². The van der Waals surface area contributed by atoms with Gasteiger partial charge in [0.25, 0.3) is 0 Å². The van der Waals surface area contributed by atoms with Crippen molar-refractivity contribution in [2.45, 2.75) is 12.5 Å². The van der Waals surface area contributed by atoms with Crippen molar-refractivity contribution < 1.29 is 9.84 Å². The molecule has 0 fully saturated rings. The van der Waals surface area contributed by atoms with Crippen molar-refractivity contribution in [1.82, 2.24) is 4.98 Å². The molecule has 0 bridgehead atoms. The smallest absolute Gasteiger partial charge is 0.119 e. The van der Waals surface area contributed by atoms with Crippen molar-refractivity contribution in [1.29, 1.82) is 0 Å². The van der Waals surface area contributed by atoms with Gasteiger partial charge in [-0.05, 0) is 29.1 Å². The Labute approximate surface area is 123 Å². The fourth-order valence-electron chi connectivity index (χ4n) is 2.53. The van der Waals surface area contributed by atoms with Gasteiger partial charge in [-0.1, -0.05) is 36.4 Å². The van der Waals surface area contributed by atoms with Crippen LogP contribution in [0.25, 0.3) is 10.8 Å². The lowest BCUT2D eigenvalue weighted by molar-refractivity contribution is 0.175. The third-order valence-corrected chi connectivity index (χ3v) is 3.58. The molecule has 1 atom stereocenters. The van der Waals surface area contributed by atoms with Gasteiger partial charge in [-0.25, -0.2) is 0 Å². The summed E-state index contributed by atoms with van der Waals surface area (Å²) in [5.41, 5.74) is 1.74. The van der Waals surface area contributed by atoms with E-state index in [1.807, 2.05) is 54.6 Å². The minimum Gasteiger partial charge on any atom is -0.497 e. The first kappa shape index (κ1) is 13.6. The molecule has 0 aliphatic rings. The number of methoxy groups -OCH3 is 1. The van der Waals surface area contributed by atoms with E-state index in [-0.39, 0.29) is 0 Å². The number of fused-ring (bicyclic) bond motifs is 1. The molecule has 3 heteroatoms. The summed E-state index contributed by atoms with van der Waals surface area (Å²) >= 11 is 0. The van der Waals surface area contributed by atoms with E-state index in [0.29, 0.717) is 6.42 Å². The van der Waals surface area contributed by atoms with Gasteiger partial charge in [0.05, 0.1) is 12.8 Å². The maximum Gasteiger partial charge on any atom is 0.119 e. The number of pyridine rings is 1. The summed E-state index contributed by atoms with van der Waals surface area (Å²) in [4.78, 5) is 4.36. The molecule has 0 aliphatic carbocycles. The highest BCUT2D eigenvalue weighted by Crippen LogP contribution is 2.25. The Balaban J connectivity index is 1.91. The molecule has 1 aromatic heterocycles. The van der Waals surface area contributed by atoms with Crippen molar-refractivity contribution >= 4 is 10.8 Å². The van der Waals surface area contributed by atoms with Crippen LogP contribution in [0.5, 0.6) is 5.75 Å². The zero-order valence-electron chi connectivity index (χ0n) is 11.9. The SMILES string of the molecule is COc1cccc(CC(O)c2nccc3ccccc23)c1. The predicted octanol–water partition coefficient (Wildman–Crippen LogP) is 3.52. The summed E-state index contributed by atoms with van der Waals surface area (Å²) in [5, 5.41) is 12.6. The van der Waals surface area contributed by atoms with E-state index >= 15 is 0 Å². The average molecular weight is 279 g/mol. The Morgan fingerprint density at radius 3 is 2.81 bits per heavy atom. The number of rotatable bonds is 4. The Kier molecular flexibility index (Phi) is 3.84. The maximum absolute atomic E-state index is 10.5. The van der Waals surface area contributed by atoms with E-state index in [2.05, 4.69) is 4.98 Å². The second kappa shape index (κ2) is 5.94. The highest BCUT2D eigenvalue weighted by atomic mass is 16.5. The topological polar surface area (TPSA) is 42.4 Å². The summed E-state index contributed by atoms with van der Waals surface area (Å²) in [6.07, 6.45) is 1.62. The van der Waals surface area contributed by atoms with Crippen LogP contribution >= 0.6 is 0 Å². The molecule has 1 N–H and O–H groups in total. The van der Waals surface area contributed by atoms with Crippen molar-refractivity contribution in [3.8, 4) is 5.75 Å². The monoisotopic (exact) mass is 279 g/mol. The van der Waals surface area contributed by atoms with Crippen LogP contribution in [0.15, 0.2) is 60.8 Å². The van der Waals surface area contributed by atoms with E-state index < -0.39 is 6.10 Å². The molecule has 2 aromatic carbocycles. The minimum atomic E-state index is -0.636. The van der Waals surface area contributed by atoms with Crippen LogP contribution in [-0.2, 0) is 6.42 Å². The van der Waals surface area contributed by atoms with Gasteiger partial charge in [0, 0.05) is 18.0 Å². The summed E-state index contributed by atoms with van der Waals surface area (Å²) in [7, 11) is 1.64. The van der Waals surface area contributed by atoms with Crippen LogP contribution in [0, 0.1) is 0 Å². The summed E-state index contributed by atoms with van der Waals surface area (Å²) in [6, 6.07) is 17.7. The summed E-state index contributed by atoms with van der Waals surface area (Å²) in [5.74, 6) is 0.797. The summed E-state index contributed by atoms with van der Waals surface area (Å²) in [6.45, 7) is 0. The number of hydrogen-bond acceptors (Lipinski definition) is 3. The zero-order chi connectivity index (χ0) is 14.7. The fourth-order valence-corrected chi connectivity index (χ4v) is 2.53. The molecule has 0 amide bonds. The van der Waals surface area contributed by atoms with Crippen LogP contribution < -0.4 is 4.74 Å². The van der Waals surface area contributed by atoms with Gasteiger partial charge in [-0.3, -0.25) is 4.98 Å². The Morgan fingerprint density at radius 2 is 1.95 bits per heavy atom. The second-order valence-corrected chi connectivity index (χ2v) is 4.99. The first-order valence-electron chi connectivity index (χ1n) is 6.92. The van der Waals surface area contributed by atoms with Gasteiger partial charge in [-0.2, -0.15) is 0 Å². The van der Waals surface area contributed by atoms with Crippen LogP contribution in [0.3, 0.4) is 0 Å². The van der Waals surface area contributed by atoms with Gasteiger partial charge in [-0.15, -0.1) is 0 Å². The largest absolute Gasteiger partial charge is 0.497 e. The number of aromatic nitrogens is 1. The van der Waals surface area contributed by atoms with Crippen molar-refractivity contribution in [2.75, 3.05) is 7.11 Å². The Hall–Kier alpha value is -2.39. The molecule has 0 saturated carbocycles. The quantitative estimate of drug-likeness (QED) is 0.794. The average Bonchev–Trinajstić information content (AvgIpc) is 2.54. The van der Waals surface area contributed by atoms with Gasteiger partial charge in [0.1, 0.15) is 11.9 Å². The fraction of sp³-hybridized carbons (Fsp3) is 0.167. The third kappa shape index (κ3) is 2.88. The van der Waals surface area contributed by atoms with E-state index in [0.717, 1.165) is 27.8 Å². The molecule has 3 rings (SSSR count). The molecular formula is C18H17NO2. The lowest BCUT2D eigenvalue weighted by Gasteiger charge is -2.13. The van der Waals surface area contributed by atoms with Gasteiger partial charge < -0.3 is 9.84 Å². The highest BCUT2D eigenvalue weighted by Gasteiger charge is 2.13. The molecule has 3 aromatic rings. The van der Waals surface area contributed by atoms with Crippen LogP contribution in [-0.4, -0.2) is 17.2 Å². The van der Waals surface area contributed by atoms with Crippen molar-refractivity contribution in [2.24, 2.45) is 0 Å². The zero-order valence-corrected chi connectivity index (χ0v) is 11.9. The number of aliphatic hydroxyl groups excluding tert-OH is 1. The first-order chi connectivity index (χ1) is 10.3. The van der Waals surface area contributed by atoms with Gasteiger partial charge >= 0.3 is 0 Å². The molecule has 21 heavy (non-hydrogen) atoms. The molecule has 0 spiro atoms.